The first-order chi connectivity index (χ1) is 14.0. The summed E-state index contributed by atoms with van der Waals surface area (Å²) in [5.74, 6) is -6.19. The molecular formula is C16H15BBrFN2O9. The predicted octanol–water partition coefficient (Wildman–Crippen LogP) is -0.277. The van der Waals surface area contributed by atoms with Gasteiger partial charge in [-0.25, -0.2) is 4.39 Å². The number of carboxylic acids is 2. The van der Waals surface area contributed by atoms with E-state index in [1.165, 1.54) is 6.07 Å². The first-order valence-electron chi connectivity index (χ1n) is 8.35. The van der Waals surface area contributed by atoms with E-state index in [9.17, 15) is 28.4 Å². The van der Waals surface area contributed by atoms with Crippen LogP contribution in [-0.2, 0) is 28.5 Å². The fourth-order valence-corrected chi connectivity index (χ4v) is 3.03. The summed E-state index contributed by atoms with van der Waals surface area (Å²) in [5.41, 5.74) is -2.23. The Balaban J connectivity index is 1.88. The average Bonchev–Trinajstić information content (AvgIpc) is 2.93. The largest absolute Gasteiger partial charge is 0.548 e. The number of carbonyl (C=O) groups excluding carboxylic acids is 3. The summed E-state index contributed by atoms with van der Waals surface area (Å²) in [5, 5.41) is 22.4. The van der Waals surface area contributed by atoms with Crippen LogP contribution >= 0.6 is 15.9 Å². The maximum atomic E-state index is 13.2. The number of aliphatic carboxylic acids is 2. The van der Waals surface area contributed by atoms with Crippen molar-refractivity contribution in [2.45, 2.75) is 18.4 Å². The molecule has 14 heteroatoms. The van der Waals surface area contributed by atoms with Gasteiger partial charge in [0.05, 0.1) is 31.4 Å². The van der Waals surface area contributed by atoms with Crippen LogP contribution in [0, 0.1) is 5.82 Å². The zero-order chi connectivity index (χ0) is 22.5. The molecule has 160 valence electrons. The lowest BCUT2D eigenvalue weighted by atomic mass is 9.89. The zero-order valence-electron chi connectivity index (χ0n) is 15.1. The Kier molecular flexibility index (Phi) is 7.51. The lowest BCUT2D eigenvalue weighted by Gasteiger charge is -2.20. The molecule has 1 aliphatic rings. The minimum absolute atomic E-state index is 0.0250. The molecule has 30 heavy (non-hydrogen) atoms. The molecule has 11 nitrogen and oxygen atoms in total. The van der Waals surface area contributed by atoms with Crippen molar-refractivity contribution in [1.82, 2.24) is 10.6 Å². The minimum Gasteiger partial charge on any atom is -0.506 e. The SMILES string of the molecule is O=C(O)CC1(CC(=O)O)OB(CNC(=O)CNC(=O)c2cc(F)ccc2Br)OC1=O. The molecule has 0 spiro atoms. The summed E-state index contributed by atoms with van der Waals surface area (Å²) in [4.78, 5) is 57.8. The fourth-order valence-electron chi connectivity index (χ4n) is 2.60. The quantitative estimate of drug-likeness (QED) is 0.341. The Bertz CT molecular complexity index is 881. The first-order valence-corrected chi connectivity index (χ1v) is 9.14. The lowest BCUT2D eigenvalue weighted by Crippen LogP contribution is -2.44. The van der Waals surface area contributed by atoms with Crippen LogP contribution < -0.4 is 10.6 Å². The van der Waals surface area contributed by atoms with Crippen molar-refractivity contribution in [3.8, 4) is 0 Å². The summed E-state index contributed by atoms with van der Waals surface area (Å²) in [6.07, 6.45) is -2.27. The van der Waals surface area contributed by atoms with E-state index in [1.807, 2.05) is 0 Å². The summed E-state index contributed by atoms with van der Waals surface area (Å²) in [6, 6.07) is 3.45. The van der Waals surface area contributed by atoms with Gasteiger partial charge in [0.15, 0.2) is 5.60 Å². The molecular weight excluding hydrogens is 474 g/mol. The molecule has 0 radical (unpaired) electrons. The van der Waals surface area contributed by atoms with Crippen LogP contribution in [0.5, 0.6) is 0 Å². The van der Waals surface area contributed by atoms with Crippen LogP contribution in [0.2, 0.25) is 0 Å². The predicted molar refractivity (Wildman–Crippen MR) is 99.6 cm³/mol. The second-order valence-electron chi connectivity index (χ2n) is 6.20. The maximum Gasteiger partial charge on any atom is 0.548 e. The normalized spacial score (nSPS) is 14.7. The van der Waals surface area contributed by atoms with E-state index in [1.54, 1.807) is 0 Å². The Morgan fingerprint density at radius 1 is 1.13 bits per heavy atom. The van der Waals surface area contributed by atoms with Gasteiger partial charge in [-0.05, 0) is 34.1 Å². The Hall–Kier alpha value is -3.00. The summed E-state index contributed by atoms with van der Waals surface area (Å²) < 4.78 is 23.6. The first kappa shape index (κ1) is 23.3. The third-order valence-corrected chi connectivity index (χ3v) is 4.58. The van der Waals surface area contributed by atoms with E-state index in [0.29, 0.717) is 4.47 Å². The molecule has 0 atom stereocenters. The molecule has 0 aromatic heterocycles. The van der Waals surface area contributed by atoms with Crippen molar-refractivity contribution in [1.29, 1.82) is 0 Å². The van der Waals surface area contributed by atoms with Crippen molar-refractivity contribution in [3.05, 3.63) is 34.1 Å². The van der Waals surface area contributed by atoms with E-state index in [0.717, 1.165) is 12.1 Å². The van der Waals surface area contributed by atoms with Crippen LogP contribution in [-0.4, -0.2) is 65.6 Å². The summed E-state index contributed by atoms with van der Waals surface area (Å²) in [7, 11) is -1.41. The Labute approximate surface area is 177 Å². The molecule has 0 bridgehead atoms. The summed E-state index contributed by atoms with van der Waals surface area (Å²) >= 11 is 3.09. The number of hydrogen-bond acceptors (Lipinski definition) is 7. The third kappa shape index (κ3) is 6.00. The molecule has 1 aromatic carbocycles. The standard InChI is InChI=1S/C16H15BBrFN2O9/c18-10-2-1-8(19)3-9(10)14(27)20-6-11(22)21-7-17-29-15(28)16(30-17,4-12(23)24)5-13(25)26/h1-3H,4-7H2,(H,20,27)(H,21,22)(H,23,24)(H,25,26). The Morgan fingerprint density at radius 2 is 1.77 bits per heavy atom. The van der Waals surface area contributed by atoms with Gasteiger partial charge in [0.25, 0.3) is 5.91 Å². The second kappa shape index (κ2) is 9.67. The lowest BCUT2D eigenvalue weighted by molar-refractivity contribution is -0.157. The zero-order valence-corrected chi connectivity index (χ0v) is 16.7. The number of rotatable bonds is 9. The Morgan fingerprint density at radius 3 is 2.37 bits per heavy atom. The molecule has 1 aliphatic heterocycles. The minimum atomic E-state index is -2.20. The summed E-state index contributed by atoms with van der Waals surface area (Å²) in [6.45, 7) is -0.502. The topological polar surface area (TPSA) is 168 Å². The van der Waals surface area contributed by atoms with E-state index in [2.05, 4.69) is 26.6 Å². The smallest absolute Gasteiger partial charge is 0.506 e. The van der Waals surface area contributed by atoms with Gasteiger partial charge in [-0.2, -0.15) is 0 Å². The van der Waals surface area contributed by atoms with Crippen molar-refractivity contribution >= 4 is 52.8 Å². The molecule has 0 saturated carbocycles. The fraction of sp³-hybridized carbons (Fsp3) is 0.312. The number of carbonyl (C=O) groups is 5. The number of carboxylic acid groups (broad SMARTS) is 2. The van der Waals surface area contributed by atoms with Gasteiger partial charge in [-0.1, -0.05) is 0 Å². The number of nitrogens with one attached hydrogen (secondary N) is 2. The number of hydrogen-bond donors (Lipinski definition) is 4. The van der Waals surface area contributed by atoms with Crippen LogP contribution in [0.4, 0.5) is 4.39 Å². The van der Waals surface area contributed by atoms with Gasteiger partial charge in [-0.15, -0.1) is 0 Å². The monoisotopic (exact) mass is 488 g/mol. The maximum absolute atomic E-state index is 13.2. The molecule has 1 aromatic rings. The molecule has 2 amide bonds. The number of benzene rings is 1. The molecule has 2 rings (SSSR count). The number of amides is 2. The molecule has 0 unspecified atom stereocenters. The highest BCUT2D eigenvalue weighted by atomic mass is 79.9. The second-order valence-corrected chi connectivity index (χ2v) is 7.05. The van der Waals surface area contributed by atoms with Gasteiger partial charge >= 0.3 is 25.0 Å². The van der Waals surface area contributed by atoms with E-state index in [4.69, 9.17) is 19.5 Å². The molecule has 4 N–H and O–H groups in total. The van der Waals surface area contributed by atoms with Crippen molar-refractivity contribution in [3.63, 3.8) is 0 Å². The van der Waals surface area contributed by atoms with E-state index < -0.39 is 74.1 Å². The molecule has 0 aliphatic carbocycles. The number of halogens is 2. The van der Waals surface area contributed by atoms with Crippen molar-refractivity contribution in [2.75, 3.05) is 13.0 Å². The molecule has 1 saturated heterocycles. The van der Waals surface area contributed by atoms with Crippen LogP contribution in [0.3, 0.4) is 0 Å². The van der Waals surface area contributed by atoms with Crippen LogP contribution in [0.25, 0.3) is 0 Å². The van der Waals surface area contributed by atoms with Gasteiger partial charge in [-0.3, -0.25) is 24.0 Å². The van der Waals surface area contributed by atoms with E-state index in [-0.39, 0.29) is 5.56 Å². The molecule has 1 fully saturated rings. The van der Waals surface area contributed by atoms with Crippen molar-refractivity contribution < 1.29 is 47.9 Å². The average molecular weight is 489 g/mol. The van der Waals surface area contributed by atoms with Crippen LogP contribution in [0.1, 0.15) is 23.2 Å². The van der Waals surface area contributed by atoms with Gasteiger partial charge in [0, 0.05) is 4.47 Å². The van der Waals surface area contributed by atoms with Gasteiger partial charge in [0.2, 0.25) is 5.91 Å². The van der Waals surface area contributed by atoms with Crippen molar-refractivity contribution in [2.24, 2.45) is 0 Å². The highest BCUT2D eigenvalue weighted by Crippen LogP contribution is 2.30. The van der Waals surface area contributed by atoms with Gasteiger partial charge in [0.1, 0.15) is 5.82 Å². The molecule has 1 heterocycles. The highest BCUT2D eigenvalue weighted by molar-refractivity contribution is 9.10. The van der Waals surface area contributed by atoms with E-state index >= 15 is 0 Å². The van der Waals surface area contributed by atoms with Gasteiger partial charge < -0.3 is 30.2 Å². The third-order valence-electron chi connectivity index (χ3n) is 3.89. The highest BCUT2D eigenvalue weighted by Gasteiger charge is 2.55. The van der Waals surface area contributed by atoms with Crippen LogP contribution in [0.15, 0.2) is 22.7 Å².